The van der Waals surface area contributed by atoms with Crippen molar-refractivity contribution in [3.05, 3.63) is 59.4 Å². The first-order valence-corrected chi connectivity index (χ1v) is 8.22. The van der Waals surface area contributed by atoms with Gasteiger partial charge in [-0.3, -0.25) is 0 Å². The summed E-state index contributed by atoms with van der Waals surface area (Å²) in [6.45, 7) is 2.19. The van der Waals surface area contributed by atoms with Gasteiger partial charge in [0.2, 0.25) is 5.96 Å². The molecule has 8 nitrogen and oxygen atoms in total. The van der Waals surface area contributed by atoms with Crippen LogP contribution < -0.4 is 20.9 Å². The molecule has 1 aromatic heterocycles. The maximum absolute atomic E-state index is 5.90. The largest absolute Gasteiger partial charge is 0.493 e. The minimum Gasteiger partial charge on any atom is -0.493 e. The Morgan fingerprint density at radius 3 is 2.52 bits per heavy atom. The van der Waals surface area contributed by atoms with E-state index in [-0.39, 0.29) is 12.6 Å². The summed E-state index contributed by atoms with van der Waals surface area (Å²) in [6.07, 6.45) is 1.52. The highest BCUT2D eigenvalue weighted by Gasteiger charge is 2.09. The van der Waals surface area contributed by atoms with Gasteiger partial charge in [0.15, 0.2) is 11.5 Å². The van der Waals surface area contributed by atoms with Crippen LogP contribution in [0, 0.1) is 6.92 Å². The van der Waals surface area contributed by atoms with Crippen molar-refractivity contribution < 1.29 is 9.47 Å². The van der Waals surface area contributed by atoms with Crippen LogP contribution in [0.2, 0.25) is 0 Å². The molecule has 0 saturated heterocycles. The summed E-state index contributed by atoms with van der Waals surface area (Å²) in [5, 5.41) is 7.34. The topological polar surface area (TPSA) is 121 Å². The number of para-hydroxylation sites is 2. The van der Waals surface area contributed by atoms with Crippen LogP contribution in [0.1, 0.15) is 17.0 Å². The summed E-state index contributed by atoms with van der Waals surface area (Å²) in [5.41, 5.74) is 14.5. The van der Waals surface area contributed by atoms with Crippen molar-refractivity contribution in [2.24, 2.45) is 21.7 Å². The van der Waals surface area contributed by atoms with E-state index in [1.165, 1.54) is 6.21 Å². The van der Waals surface area contributed by atoms with Gasteiger partial charge < -0.3 is 20.9 Å². The highest BCUT2D eigenvalue weighted by Crippen LogP contribution is 2.28. The standard InChI is InChI=1S/C19H20N6O2/c1-12-16(24-15-6-4-3-5-14(15)23-12)11-27-17-8-7-13(9-18(17)26-2)10-22-25-19(20)21/h3-10H,11H2,1-2H3,(H4,20,21,25)/b22-10+. The van der Waals surface area contributed by atoms with Crippen LogP contribution in [0.3, 0.4) is 0 Å². The maximum atomic E-state index is 5.90. The molecular weight excluding hydrogens is 344 g/mol. The van der Waals surface area contributed by atoms with Crippen LogP contribution in [0.15, 0.2) is 52.7 Å². The molecule has 0 aliphatic heterocycles. The number of methoxy groups -OCH3 is 1. The Kier molecular flexibility index (Phi) is 5.46. The second-order valence-corrected chi connectivity index (χ2v) is 5.71. The number of aromatic nitrogens is 2. The molecule has 0 spiro atoms. The number of fused-ring (bicyclic) bond motifs is 1. The Bertz CT molecular complexity index is 1010. The number of hydrogen-bond donors (Lipinski definition) is 2. The zero-order chi connectivity index (χ0) is 19.2. The average molecular weight is 364 g/mol. The minimum atomic E-state index is -0.106. The van der Waals surface area contributed by atoms with Crippen molar-refractivity contribution in [3.63, 3.8) is 0 Å². The van der Waals surface area contributed by atoms with Crippen molar-refractivity contribution in [1.29, 1.82) is 0 Å². The molecule has 0 bridgehead atoms. The molecule has 8 heteroatoms. The number of nitrogens with two attached hydrogens (primary N) is 2. The predicted octanol–water partition coefficient (Wildman–Crippen LogP) is 2.13. The molecule has 0 radical (unpaired) electrons. The Hall–Kier alpha value is -3.68. The number of guanidine groups is 1. The first kappa shape index (κ1) is 18.1. The number of ether oxygens (including phenoxy) is 2. The van der Waals surface area contributed by atoms with Gasteiger partial charge in [0.25, 0.3) is 0 Å². The van der Waals surface area contributed by atoms with E-state index >= 15 is 0 Å². The lowest BCUT2D eigenvalue weighted by molar-refractivity contribution is 0.280. The first-order chi connectivity index (χ1) is 13.1. The molecule has 0 aliphatic rings. The third-order valence-corrected chi connectivity index (χ3v) is 3.78. The van der Waals surface area contributed by atoms with Gasteiger partial charge in [0.1, 0.15) is 6.61 Å². The number of benzene rings is 2. The molecule has 0 amide bonds. The third kappa shape index (κ3) is 4.49. The summed E-state index contributed by atoms with van der Waals surface area (Å²) in [6, 6.07) is 13.1. The fourth-order valence-electron chi connectivity index (χ4n) is 2.45. The van der Waals surface area contributed by atoms with Gasteiger partial charge >= 0.3 is 0 Å². The highest BCUT2D eigenvalue weighted by atomic mass is 16.5. The normalized spacial score (nSPS) is 10.9. The van der Waals surface area contributed by atoms with E-state index in [1.807, 2.05) is 37.3 Å². The zero-order valence-corrected chi connectivity index (χ0v) is 15.1. The van der Waals surface area contributed by atoms with Crippen molar-refractivity contribution >= 4 is 23.2 Å². The van der Waals surface area contributed by atoms with Crippen molar-refractivity contribution in [2.75, 3.05) is 7.11 Å². The van der Waals surface area contributed by atoms with Crippen molar-refractivity contribution in [3.8, 4) is 11.5 Å². The summed E-state index contributed by atoms with van der Waals surface area (Å²) >= 11 is 0. The van der Waals surface area contributed by atoms with Crippen LogP contribution in [0.25, 0.3) is 11.0 Å². The third-order valence-electron chi connectivity index (χ3n) is 3.78. The maximum Gasteiger partial charge on any atom is 0.211 e. The lowest BCUT2D eigenvalue weighted by Gasteiger charge is -2.12. The summed E-state index contributed by atoms with van der Waals surface area (Å²) < 4.78 is 11.3. The highest BCUT2D eigenvalue weighted by molar-refractivity contribution is 5.82. The summed E-state index contributed by atoms with van der Waals surface area (Å²) in [5.74, 6) is 1.05. The Morgan fingerprint density at radius 1 is 1.07 bits per heavy atom. The molecule has 0 atom stereocenters. The second kappa shape index (κ2) is 8.13. The molecule has 0 fully saturated rings. The predicted molar refractivity (Wildman–Crippen MR) is 105 cm³/mol. The molecule has 27 heavy (non-hydrogen) atoms. The molecule has 0 saturated carbocycles. The molecule has 0 aliphatic carbocycles. The lowest BCUT2D eigenvalue weighted by Crippen LogP contribution is -2.21. The Labute approximate surface area is 156 Å². The van der Waals surface area contributed by atoms with E-state index in [1.54, 1.807) is 19.2 Å². The van der Waals surface area contributed by atoms with E-state index < -0.39 is 0 Å². The zero-order valence-electron chi connectivity index (χ0n) is 15.1. The van der Waals surface area contributed by atoms with E-state index in [0.29, 0.717) is 11.5 Å². The van der Waals surface area contributed by atoms with Crippen LogP contribution in [-0.4, -0.2) is 29.3 Å². The fourth-order valence-corrected chi connectivity index (χ4v) is 2.45. The van der Waals surface area contributed by atoms with E-state index in [9.17, 15) is 0 Å². The Balaban J connectivity index is 1.78. The van der Waals surface area contributed by atoms with Crippen LogP contribution in [0.4, 0.5) is 0 Å². The molecule has 2 aromatic carbocycles. The monoisotopic (exact) mass is 364 g/mol. The van der Waals surface area contributed by atoms with E-state index in [2.05, 4.69) is 20.2 Å². The number of hydrogen-bond acceptors (Lipinski definition) is 6. The van der Waals surface area contributed by atoms with E-state index in [0.717, 1.165) is 28.0 Å². The van der Waals surface area contributed by atoms with Gasteiger partial charge in [0.05, 0.1) is 35.7 Å². The number of aryl methyl sites for hydroxylation is 1. The van der Waals surface area contributed by atoms with Gasteiger partial charge in [0, 0.05) is 0 Å². The molecule has 1 heterocycles. The van der Waals surface area contributed by atoms with Crippen molar-refractivity contribution in [1.82, 2.24) is 9.97 Å². The number of nitrogens with zero attached hydrogens (tertiary/aromatic N) is 4. The quantitative estimate of drug-likeness (QED) is 0.393. The molecular formula is C19H20N6O2. The van der Waals surface area contributed by atoms with Crippen LogP contribution in [0.5, 0.6) is 11.5 Å². The van der Waals surface area contributed by atoms with Gasteiger partial charge in [-0.1, -0.05) is 12.1 Å². The minimum absolute atomic E-state index is 0.106. The van der Waals surface area contributed by atoms with Gasteiger partial charge in [-0.15, -0.1) is 5.10 Å². The SMILES string of the molecule is COc1cc(/C=N/N=C(N)N)ccc1OCc1nc2ccccc2nc1C. The average Bonchev–Trinajstić information content (AvgIpc) is 2.66. The fraction of sp³-hybridized carbons (Fsp3) is 0.158. The van der Waals surface area contributed by atoms with Gasteiger partial charge in [-0.2, -0.15) is 5.10 Å². The van der Waals surface area contributed by atoms with Crippen LogP contribution >= 0.6 is 0 Å². The van der Waals surface area contributed by atoms with Crippen molar-refractivity contribution in [2.45, 2.75) is 13.5 Å². The molecule has 138 valence electrons. The lowest BCUT2D eigenvalue weighted by atomic mass is 10.2. The summed E-state index contributed by atoms with van der Waals surface area (Å²) in [4.78, 5) is 9.20. The number of rotatable bonds is 6. The molecule has 3 aromatic rings. The van der Waals surface area contributed by atoms with E-state index in [4.69, 9.17) is 20.9 Å². The molecule has 4 N–H and O–H groups in total. The summed E-state index contributed by atoms with van der Waals surface area (Å²) in [7, 11) is 1.57. The molecule has 0 unspecified atom stereocenters. The first-order valence-electron chi connectivity index (χ1n) is 8.22. The Morgan fingerprint density at radius 2 is 1.81 bits per heavy atom. The van der Waals surface area contributed by atoms with Gasteiger partial charge in [-0.05, 0) is 42.8 Å². The molecule has 3 rings (SSSR count). The second-order valence-electron chi connectivity index (χ2n) is 5.71. The smallest absolute Gasteiger partial charge is 0.211 e. The van der Waals surface area contributed by atoms with Gasteiger partial charge in [-0.25, -0.2) is 9.97 Å². The van der Waals surface area contributed by atoms with Crippen LogP contribution in [-0.2, 0) is 6.61 Å².